The van der Waals surface area contributed by atoms with Gasteiger partial charge in [0.25, 0.3) is 46.9 Å². The summed E-state index contributed by atoms with van der Waals surface area (Å²) < 4.78 is 220. The predicted octanol–water partition coefficient (Wildman–Crippen LogP) is -13.9. The summed E-state index contributed by atoms with van der Waals surface area (Å²) in [7, 11) is 13.9. The molecule has 10 aliphatic rings. The van der Waals surface area contributed by atoms with Crippen molar-refractivity contribution in [1.29, 1.82) is 0 Å². The Balaban J connectivity index is 0.000000232. The number of aliphatic hydroxyl groups excluding tert-OH is 7. The van der Waals surface area contributed by atoms with Crippen molar-refractivity contribution in [2.24, 2.45) is 0 Å². The van der Waals surface area contributed by atoms with Crippen molar-refractivity contribution in [3.8, 4) is 0 Å². The molecule has 0 aliphatic carbocycles. The van der Waals surface area contributed by atoms with Crippen molar-refractivity contribution in [3.05, 3.63) is 0 Å². The van der Waals surface area contributed by atoms with Crippen LogP contribution in [0.2, 0.25) is 0 Å². The van der Waals surface area contributed by atoms with Crippen LogP contribution in [0.25, 0.3) is 0 Å². The summed E-state index contributed by atoms with van der Waals surface area (Å²) in [6.45, 7) is -2.92. The third-order valence-corrected chi connectivity index (χ3v) is 25.7. The van der Waals surface area contributed by atoms with Crippen LogP contribution >= 0.6 is 62.5 Å². The van der Waals surface area contributed by atoms with Crippen LogP contribution in [0.15, 0.2) is 0 Å². The molecule has 10 saturated heterocycles. The van der Waals surface area contributed by atoms with Crippen molar-refractivity contribution >= 4 is 125 Å². The second kappa shape index (κ2) is 44.2. The summed E-state index contributed by atoms with van der Waals surface area (Å²) in [5.41, 5.74) is 0. The molecular formula is C48H80B8O52P8-8. The number of methoxy groups -OCH3 is 4. The molecule has 0 spiro atoms. The zero-order chi connectivity index (χ0) is 87.6. The van der Waals surface area contributed by atoms with E-state index in [4.69, 9.17) is 156 Å². The van der Waals surface area contributed by atoms with Crippen LogP contribution in [0.1, 0.15) is 0 Å². The Morgan fingerprint density at radius 2 is 0.578 bits per heavy atom. The van der Waals surface area contributed by atoms with Gasteiger partial charge in [0.05, 0.1) is 39.6 Å². The monoisotopic (exact) mass is 1820 g/mol. The molecule has 10 rings (SSSR count). The molecule has 0 aromatic carbocycles. The van der Waals surface area contributed by atoms with Gasteiger partial charge in [-0.3, -0.25) is 27.4 Å². The SMILES string of the molecule is [B][C@@H]1O[C@H](CO)C(OP(=O)([O-])OC)[C@@H]1O.[B][C@@H]1O[C@H](COC)C2OP(=O)([O-])O[C@@H]21.[B][C@@H]1O[C@H](COP(=O)([O-])OC2[C@@H](COC)O[C@@H]([B])[C@H]2O)C(OP(=O)([O-])OC)[C@@H]1O.[B][C@@H]1O[C@H](COP(=O)([O-])OC2[C@@H](COC)O[C@@H]([B])[C@H]2O)C(OP(=O)([O-])OC)[C@@H]1O.[B][C@@H]1O[C@H](COP2([O-])(O)OC3[C@@H](COC)O[C@@H]([B])[C@H]3O2)C(OP(=O)([O-])OC)[C@@H]1O. The number of phosphoric ester groups is 7. The zero-order valence-corrected chi connectivity index (χ0v) is 69.0. The molecular weight excluding hydrogens is 1740 g/mol. The second-order valence-corrected chi connectivity index (χ2v) is 37.4. The third kappa shape index (κ3) is 29.1. The first-order valence-corrected chi connectivity index (χ1v) is 45.3. The average Bonchev–Trinajstić information content (AvgIpc) is 1.41. The van der Waals surface area contributed by atoms with Crippen molar-refractivity contribution in [3.63, 3.8) is 0 Å². The Kier molecular flexibility index (Phi) is 40.2. The van der Waals surface area contributed by atoms with Gasteiger partial charge in [0.15, 0.2) is 0 Å². The molecule has 0 aromatic rings. The van der Waals surface area contributed by atoms with Gasteiger partial charge in [0, 0.05) is 78.7 Å². The number of hydrogen-bond acceptors (Lipinski definition) is 52. The maximum absolute atomic E-state index is 12.9. The summed E-state index contributed by atoms with van der Waals surface area (Å²) in [5, 5.41) is 67.9. The molecule has 10 aliphatic heterocycles. The van der Waals surface area contributed by atoms with Crippen LogP contribution in [-0.4, -0.2) is 408 Å². The van der Waals surface area contributed by atoms with E-state index in [1.165, 1.54) is 28.4 Å². The molecule has 39 atom stereocenters. The summed E-state index contributed by atoms with van der Waals surface area (Å²) in [6, 6.07) is -9.45. The number of phosphoric acid groups is 7. The van der Waals surface area contributed by atoms with E-state index in [-0.39, 0.29) is 26.4 Å². The van der Waals surface area contributed by atoms with E-state index in [1.807, 2.05) is 0 Å². The molecule has 68 heteroatoms. The summed E-state index contributed by atoms with van der Waals surface area (Å²) >= 11 is 0. The maximum atomic E-state index is 12.9. The molecule has 10 fully saturated rings. The third-order valence-electron chi connectivity index (χ3n) is 17.2. The van der Waals surface area contributed by atoms with Gasteiger partial charge < -0.3 is 157 Å². The number of fused-ring (bicyclic) bond motifs is 2. The first kappa shape index (κ1) is 106. The standard InChI is InChI=1S/C12H21B2O13P2.2C12H22B2O13P2.C6H12BO7P.C6H10BO6P/c1-20-3-5-9-10(12(14)24-5)27-29(18,19,26-9)22-4-6-8(7(15)11(13)23-6)25-28(16,17)21-2;2*1-21-3-5-9(7(15)11(13)24-5)27-29(19,20)23-4-6-10(8(16)12(14)25-6)26-28(17,18)22-2;1-12-15(10,11)14-5-3(2-8)13-6(7)4(5)9;1-10-2-3-4-5(6(7)11-3)13-14(8,9)12-4/h5-12,15,18H,3-4H2,1-2H3,(H,16,17);2*5-12,15-16H,3-4H2,1-2H3,(H,17,18)(H,19,20);3-6,8-9H,2H2,1H3,(H,10,11);3-6H,2H2,1H3,(H,8,9)/q-1;;;;/p-7/t5-,6-,7+,8?,9?,10+,11-,12-;2*5-,6-,7+,8+,9?,10?,11-,12-;3-,4+,5?,6-;3-,4?,5+,6-/m11111/s1. The zero-order valence-electron chi connectivity index (χ0n) is 61.9. The number of ether oxygens (including phenoxy) is 12. The number of hydrogen-bond donors (Lipinski definition) is 8. The van der Waals surface area contributed by atoms with E-state index in [9.17, 15) is 107 Å². The van der Waals surface area contributed by atoms with Gasteiger partial charge in [0.2, 0.25) is 0 Å². The minimum atomic E-state index is -5.89. The van der Waals surface area contributed by atoms with E-state index < -0.39 is 283 Å². The minimum absolute atomic E-state index is 0.0171. The Labute approximate surface area is 672 Å². The molecule has 0 amide bonds. The van der Waals surface area contributed by atoms with Crippen LogP contribution in [0, 0.1) is 0 Å². The normalized spacial score (nSPS) is 44.1. The average molecular weight is 1820 g/mol. The van der Waals surface area contributed by atoms with Crippen LogP contribution in [-0.2, 0) is 166 Å². The van der Waals surface area contributed by atoms with Gasteiger partial charge in [-0.2, -0.15) is 0 Å². The van der Waals surface area contributed by atoms with Crippen LogP contribution in [0.3, 0.4) is 0 Å². The van der Waals surface area contributed by atoms with Crippen LogP contribution < -0.4 is 39.1 Å². The first-order chi connectivity index (χ1) is 53.6. The molecule has 10 heterocycles. The molecule has 15 unspecified atom stereocenters. The molecule has 116 heavy (non-hydrogen) atoms. The second-order valence-electron chi connectivity index (χ2n) is 25.3. The Hall–Kier alpha value is 0.759. The quantitative estimate of drug-likeness (QED) is 0.0219. The fraction of sp³-hybridized carbons (Fsp3) is 1.00. The molecule has 16 radical (unpaired) electrons. The number of aliphatic hydroxyl groups is 7. The van der Waals surface area contributed by atoms with Gasteiger partial charge in [-0.05, 0) is 0 Å². The van der Waals surface area contributed by atoms with Gasteiger partial charge in [-0.15, -0.1) is 0 Å². The molecule has 0 bridgehead atoms. The predicted molar refractivity (Wildman–Crippen MR) is 363 cm³/mol. The van der Waals surface area contributed by atoms with Gasteiger partial charge in [-0.25, -0.2) is 0 Å². The Morgan fingerprint density at radius 3 is 0.879 bits per heavy atom. The van der Waals surface area contributed by atoms with Crippen molar-refractivity contribution < 1.29 is 245 Å². The summed E-state index contributed by atoms with van der Waals surface area (Å²) in [4.78, 5) is 104. The number of rotatable bonds is 34. The van der Waals surface area contributed by atoms with E-state index in [0.29, 0.717) is 0 Å². The topological polar surface area (TPSA) is 733 Å². The van der Waals surface area contributed by atoms with Crippen molar-refractivity contribution in [2.75, 3.05) is 110 Å². The Morgan fingerprint density at radius 1 is 0.345 bits per heavy atom. The van der Waals surface area contributed by atoms with Crippen molar-refractivity contribution in [1.82, 2.24) is 0 Å². The van der Waals surface area contributed by atoms with Crippen molar-refractivity contribution in [2.45, 2.75) is 195 Å². The molecule has 0 aromatic heterocycles. The Bertz CT molecular complexity index is 3320. The van der Waals surface area contributed by atoms with E-state index in [0.717, 1.165) is 28.4 Å². The fourth-order valence-corrected chi connectivity index (χ4v) is 19.1. The first-order valence-electron chi connectivity index (χ1n) is 33.3. The summed E-state index contributed by atoms with van der Waals surface area (Å²) in [6.07, 6.45) is -30.0. The molecule has 52 nitrogen and oxygen atoms in total. The van der Waals surface area contributed by atoms with E-state index >= 15 is 0 Å². The van der Waals surface area contributed by atoms with Crippen LogP contribution in [0.4, 0.5) is 0 Å². The fourth-order valence-electron chi connectivity index (χ4n) is 11.6. The molecule has 0 saturated carbocycles. The summed E-state index contributed by atoms with van der Waals surface area (Å²) in [5.74, 6) is 0. The molecule has 8 N–H and O–H groups in total. The molecule has 656 valence electrons. The van der Waals surface area contributed by atoms with Gasteiger partial charge >= 0.3 is 168 Å². The van der Waals surface area contributed by atoms with Gasteiger partial charge in [-0.1, -0.05) is 0 Å². The van der Waals surface area contributed by atoms with Gasteiger partial charge in [0.1, 0.15) is 157 Å². The van der Waals surface area contributed by atoms with E-state index in [1.54, 1.807) is 0 Å². The van der Waals surface area contributed by atoms with Crippen LogP contribution in [0.5, 0.6) is 0 Å². The van der Waals surface area contributed by atoms with E-state index in [2.05, 4.69) is 45.2 Å².